The summed E-state index contributed by atoms with van der Waals surface area (Å²) >= 11 is 0. The lowest BCUT2D eigenvalue weighted by molar-refractivity contribution is 0.345. The second kappa shape index (κ2) is 5.63. The number of rotatable bonds is 4. The van der Waals surface area contributed by atoms with Gasteiger partial charge in [-0.3, -0.25) is 4.98 Å². The first-order valence-corrected chi connectivity index (χ1v) is 7.08. The zero-order valence-corrected chi connectivity index (χ0v) is 11.7. The molecule has 0 saturated carbocycles. The Hall–Kier alpha value is -1.88. The summed E-state index contributed by atoms with van der Waals surface area (Å²) in [5, 5.41) is 13.2. The quantitative estimate of drug-likeness (QED) is 0.888. The number of nitrogens with zero attached hydrogens (tertiary/aromatic N) is 3. The monoisotopic (exact) mass is 272 g/mol. The van der Waals surface area contributed by atoms with Gasteiger partial charge in [0.25, 0.3) is 0 Å². The average Bonchev–Trinajstić information content (AvgIpc) is 2.90. The predicted octanol–water partition coefficient (Wildman–Crippen LogP) is 1.64. The largest absolute Gasteiger partial charge is 0.506 e. The highest BCUT2D eigenvalue weighted by atomic mass is 16.3. The molecule has 1 unspecified atom stereocenters. The van der Waals surface area contributed by atoms with Crippen LogP contribution in [0.2, 0.25) is 0 Å². The molecular formula is C15H20N4O. The van der Waals surface area contributed by atoms with E-state index in [0.717, 1.165) is 37.3 Å². The van der Waals surface area contributed by atoms with E-state index >= 15 is 0 Å². The van der Waals surface area contributed by atoms with Gasteiger partial charge >= 0.3 is 0 Å². The molecule has 2 N–H and O–H groups in total. The van der Waals surface area contributed by atoms with Crippen molar-refractivity contribution in [2.24, 2.45) is 5.92 Å². The molecule has 5 nitrogen and oxygen atoms in total. The van der Waals surface area contributed by atoms with Crippen LogP contribution in [-0.4, -0.2) is 26.2 Å². The van der Waals surface area contributed by atoms with E-state index in [0.29, 0.717) is 12.5 Å². The van der Waals surface area contributed by atoms with Gasteiger partial charge < -0.3 is 15.0 Å². The summed E-state index contributed by atoms with van der Waals surface area (Å²) in [5.74, 6) is 2.08. The molecular weight excluding hydrogens is 252 g/mol. The fourth-order valence-corrected chi connectivity index (χ4v) is 2.73. The van der Waals surface area contributed by atoms with Crippen LogP contribution in [0, 0.1) is 12.8 Å². The number of hydrogen-bond acceptors (Lipinski definition) is 4. The van der Waals surface area contributed by atoms with Gasteiger partial charge in [0.15, 0.2) is 0 Å². The zero-order chi connectivity index (χ0) is 13.9. The lowest BCUT2D eigenvalue weighted by Gasteiger charge is -2.24. The van der Waals surface area contributed by atoms with Gasteiger partial charge in [0.2, 0.25) is 0 Å². The molecule has 106 valence electrons. The van der Waals surface area contributed by atoms with E-state index < -0.39 is 0 Å². The molecule has 2 aromatic rings. The van der Waals surface area contributed by atoms with Gasteiger partial charge in [0.05, 0.1) is 5.69 Å². The average molecular weight is 272 g/mol. The van der Waals surface area contributed by atoms with Crippen LogP contribution in [0.15, 0.2) is 24.5 Å². The van der Waals surface area contributed by atoms with Crippen molar-refractivity contribution >= 4 is 0 Å². The molecule has 3 heterocycles. The van der Waals surface area contributed by atoms with Crippen molar-refractivity contribution in [3.8, 4) is 5.75 Å². The maximum atomic E-state index is 9.76. The van der Waals surface area contributed by atoms with Crippen LogP contribution >= 0.6 is 0 Å². The highest BCUT2D eigenvalue weighted by Crippen LogP contribution is 2.19. The van der Waals surface area contributed by atoms with Crippen LogP contribution in [-0.2, 0) is 19.5 Å². The fourth-order valence-electron chi connectivity index (χ4n) is 2.73. The molecule has 3 rings (SSSR count). The first-order valence-electron chi connectivity index (χ1n) is 7.08. The van der Waals surface area contributed by atoms with E-state index in [-0.39, 0.29) is 5.75 Å². The molecule has 0 radical (unpaired) electrons. The minimum atomic E-state index is 0.267. The molecule has 0 saturated heterocycles. The third kappa shape index (κ3) is 2.82. The number of nitrogens with one attached hydrogen (secondary N) is 1. The van der Waals surface area contributed by atoms with E-state index in [4.69, 9.17) is 0 Å². The first-order chi connectivity index (χ1) is 9.72. The lowest BCUT2D eigenvalue weighted by atomic mass is 9.99. The van der Waals surface area contributed by atoms with E-state index in [1.807, 2.05) is 19.2 Å². The number of pyridine rings is 1. The van der Waals surface area contributed by atoms with Gasteiger partial charge in [0.1, 0.15) is 11.6 Å². The van der Waals surface area contributed by atoms with E-state index in [1.54, 1.807) is 6.07 Å². The lowest BCUT2D eigenvalue weighted by Crippen LogP contribution is -2.30. The second-order valence-electron chi connectivity index (χ2n) is 5.45. The number of aryl methyl sites for hydroxylation is 2. The van der Waals surface area contributed by atoms with E-state index in [2.05, 4.69) is 26.0 Å². The summed E-state index contributed by atoms with van der Waals surface area (Å²) in [6.07, 6.45) is 6.14. The molecule has 0 bridgehead atoms. The van der Waals surface area contributed by atoms with Crippen molar-refractivity contribution < 1.29 is 5.11 Å². The van der Waals surface area contributed by atoms with Crippen molar-refractivity contribution in [2.75, 3.05) is 6.54 Å². The standard InChI is InChI=1S/C15H20N4O/c1-11-2-4-14(20)13(18-11)9-16-8-12-3-5-15-17-6-7-19(15)10-12/h2,4,6-7,12,16,20H,3,5,8-10H2,1H3. The van der Waals surface area contributed by atoms with Gasteiger partial charge in [-0.1, -0.05) is 0 Å². The molecule has 0 fully saturated rings. The Morgan fingerprint density at radius 2 is 2.35 bits per heavy atom. The van der Waals surface area contributed by atoms with Gasteiger partial charge in [-0.25, -0.2) is 4.98 Å². The molecule has 0 aromatic carbocycles. The van der Waals surface area contributed by atoms with Crippen molar-refractivity contribution in [2.45, 2.75) is 32.9 Å². The van der Waals surface area contributed by atoms with E-state index in [1.165, 1.54) is 5.82 Å². The molecule has 5 heteroatoms. The maximum absolute atomic E-state index is 9.76. The summed E-state index contributed by atoms with van der Waals surface area (Å²) in [6, 6.07) is 3.53. The van der Waals surface area contributed by atoms with Crippen molar-refractivity contribution in [3.05, 3.63) is 41.7 Å². The van der Waals surface area contributed by atoms with Crippen molar-refractivity contribution in [3.63, 3.8) is 0 Å². The summed E-state index contributed by atoms with van der Waals surface area (Å²) in [4.78, 5) is 8.70. The molecule has 1 aliphatic rings. The van der Waals surface area contributed by atoms with Crippen LogP contribution in [0.3, 0.4) is 0 Å². The smallest absolute Gasteiger partial charge is 0.138 e. The molecule has 1 aliphatic heterocycles. The van der Waals surface area contributed by atoms with Crippen LogP contribution in [0.25, 0.3) is 0 Å². The topological polar surface area (TPSA) is 63.0 Å². The van der Waals surface area contributed by atoms with Crippen LogP contribution in [0.1, 0.15) is 23.6 Å². The van der Waals surface area contributed by atoms with Crippen molar-refractivity contribution in [1.29, 1.82) is 0 Å². The number of hydrogen-bond donors (Lipinski definition) is 2. The molecule has 0 aliphatic carbocycles. The summed E-state index contributed by atoms with van der Waals surface area (Å²) in [7, 11) is 0. The molecule has 0 amide bonds. The zero-order valence-electron chi connectivity index (χ0n) is 11.7. The minimum Gasteiger partial charge on any atom is -0.506 e. The first kappa shape index (κ1) is 13.1. The maximum Gasteiger partial charge on any atom is 0.138 e. The molecule has 1 atom stereocenters. The minimum absolute atomic E-state index is 0.267. The summed E-state index contributed by atoms with van der Waals surface area (Å²) in [6.45, 7) is 4.51. The molecule has 20 heavy (non-hydrogen) atoms. The normalized spacial score (nSPS) is 17.9. The van der Waals surface area contributed by atoms with Gasteiger partial charge in [-0.2, -0.15) is 0 Å². The van der Waals surface area contributed by atoms with Crippen LogP contribution < -0.4 is 5.32 Å². The van der Waals surface area contributed by atoms with Crippen molar-refractivity contribution in [1.82, 2.24) is 19.9 Å². The van der Waals surface area contributed by atoms with Gasteiger partial charge in [0, 0.05) is 44.1 Å². The Labute approximate surface area is 118 Å². The van der Waals surface area contributed by atoms with Crippen LogP contribution in [0.5, 0.6) is 5.75 Å². The van der Waals surface area contributed by atoms with Gasteiger partial charge in [-0.05, 0) is 31.4 Å². The number of aromatic hydroxyl groups is 1. The fraction of sp³-hybridized carbons (Fsp3) is 0.467. The summed E-state index contributed by atoms with van der Waals surface area (Å²) in [5.41, 5.74) is 1.66. The second-order valence-corrected chi connectivity index (χ2v) is 5.45. The Morgan fingerprint density at radius 1 is 1.45 bits per heavy atom. The highest BCUT2D eigenvalue weighted by molar-refractivity contribution is 5.27. The number of aromatic nitrogens is 3. The van der Waals surface area contributed by atoms with E-state index in [9.17, 15) is 5.11 Å². The third-order valence-corrected chi connectivity index (χ3v) is 3.85. The third-order valence-electron chi connectivity index (χ3n) is 3.85. The Bertz CT molecular complexity index is 593. The SMILES string of the molecule is Cc1ccc(O)c(CNCC2CCc3nccn3C2)n1. The van der Waals surface area contributed by atoms with Crippen LogP contribution in [0.4, 0.5) is 0 Å². The Balaban J connectivity index is 1.52. The predicted molar refractivity (Wildman–Crippen MR) is 76.4 cm³/mol. The number of imidazole rings is 1. The summed E-state index contributed by atoms with van der Waals surface area (Å²) < 4.78 is 2.23. The Morgan fingerprint density at radius 3 is 3.25 bits per heavy atom. The number of fused-ring (bicyclic) bond motifs is 1. The molecule has 0 spiro atoms. The Kier molecular flexibility index (Phi) is 3.69. The molecule has 2 aromatic heterocycles. The highest BCUT2D eigenvalue weighted by Gasteiger charge is 2.18. The van der Waals surface area contributed by atoms with Gasteiger partial charge in [-0.15, -0.1) is 0 Å².